The van der Waals surface area contributed by atoms with E-state index in [0.29, 0.717) is 12.0 Å². The highest BCUT2D eigenvalue weighted by molar-refractivity contribution is 5.42. The van der Waals surface area contributed by atoms with Gasteiger partial charge in [-0.25, -0.2) is 0 Å². The monoisotopic (exact) mass is 291 g/mol. The van der Waals surface area contributed by atoms with Crippen molar-refractivity contribution in [3.05, 3.63) is 23.8 Å². The molecule has 3 nitrogen and oxygen atoms in total. The molecule has 0 aromatic heterocycles. The quantitative estimate of drug-likeness (QED) is 0.780. The Balaban J connectivity index is 1.92. The van der Waals surface area contributed by atoms with Gasteiger partial charge in [0.25, 0.3) is 0 Å². The largest absolute Gasteiger partial charge is 0.493 e. The van der Waals surface area contributed by atoms with Crippen LogP contribution in [0.2, 0.25) is 0 Å². The molecule has 0 saturated heterocycles. The molecule has 3 heteroatoms. The molecular weight excluding hydrogens is 262 g/mol. The summed E-state index contributed by atoms with van der Waals surface area (Å²) in [6.45, 7) is 7.00. The molecule has 118 valence electrons. The summed E-state index contributed by atoms with van der Waals surface area (Å²) >= 11 is 0. The van der Waals surface area contributed by atoms with E-state index in [1.54, 1.807) is 7.11 Å². The predicted octanol–water partition coefficient (Wildman–Crippen LogP) is 4.15. The van der Waals surface area contributed by atoms with Crippen LogP contribution in [0.3, 0.4) is 0 Å². The highest BCUT2D eigenvalue weighted by atomic mass is 16.5. The molecule has 0 heterocycles. The fourth-order valence-corrected chi connectivity index (χ4v) is 3.35. The smallest absolute Gasteiger partial charge is 0.161 e. The Morgan fingerprint density at radius 3 is 2.52 bits per heavy atom. The Morgan fingerprint density at radius 2 is 1.90 bits per heavy atom. The lowest BCUT2D eigenvalue weighted by Crippen LogP contribution is -2.31. The normalized spacial score (nSPS) is 16.9. The Bertz CT molecular complexity index is 439. The number of ether oxygens (including phenoxy) is 2. The summed E-state index contributed by atoms with van der Waals surface area (Å²) < 4.78 is 11.0. The maximum atomic E-state index is 5.64. The van der Waals surface area contributed by atoms with E-state index in [0.717, 1.165) is 24.6 Å². The molecule has 1 N–H and O–H groups in total. The van der Waals surface area contributed by atoms with Crippen LogP contribution in [0.1, 0.15) is 51.5 Å². The van der Waals surface area contributed by atoms with Crippen molar-refractivity contribution in [1.82, 2.24) is 5.32 Å². The molecule has 1 aliphatic rings. The van der Waals surface area contributed by atoms with Crippen LogP contribution in [0.4, 0.5) is 0 Å². The number of benzene rings is 1. The third-order valence-electron chi connectivity index (χ3n) is 4.77. The van der Waals surface area contributed by atoms with Crippen molar-refractivity contribution in [3.8, 4) is 11.5 Å². The second-order valence-electron chi connectivity index (χ2n) is 6.08. The highest BCUT2D eigenvalue weighted by Gasteiger charge is 2.31. The van der Waals surface area contributed by atoms with Crippen LogP contribution in [0.25, 0.3) is 0 Å². The molecule has 0 amide bonds. The van der Waals surface area contributed by atoms with Crippen LogP contribution < -0.4 is 14.8 Å². The second-order valence-corrected chi connectivity index (χ2v) is 6.08. The van der Waals surface area contributed by atoms with Gasteiger partial charge in [-0.15, -0.1) is 0 Å². The molecule has 1 aromatic rings. The lowest BCUT2D eigenvalue weighted by molar-refractivity contribution is 0.268. The SMILES string of the molecule is CCOc1cc(CNCC2(CC)CCCC2)ccc1OC. The molecule has 0 unspecified atom stereocenters. The summed E-state index contributed by atoms with van der Waals surface area (Å²) in [7, 11) is 1.68. The van der Waals surface area contributed by atoms with Gasteiger partial charge >= 0.3 is 0 Å². The summed E-state index contributed by atoms with van der Waals surface area (Å²) in [6, 6.07) is 6.19. The molecule has 1 fully saturated rings. The molecule has 0 aliphatic heterocycles. The van der Waals surface area contributed by atoms with Crippen molar-refractivity contribution in [2.75, 3.05) is 20.3 Å². The minimum Gasteiger partial charge on any atom is -0.493 e. The van der Waals surface area contributed by atoms with Gasteiger partial charge in [-0.2, -0.15) is 0 Å². The standard InChI is InChI=1S/C18H29NO2/c1-4-18(10-6-7-11-18)14-19-13-15-8-9-16(20-3)17(12-15)21-5-2/h8-9,12,19H,4-7,10-11,13-14H2,1-3H3. The fraction of sp³-hybridized carbons (Fsp3) is 0.667. The van der Waals surface area contributed by atoms with Gasteiger partial charge in [0, 0.05) is 13.1 Å². The average molecular weight is 291 g/mol. The molecule has 0 atom stereocenters. The van der Waals surface area contributed by atoms with Crippen LogP contribution in [-0.2, 0) is 6.54 Å². The van der Waals surface area contributed by atoms with Crippen molar-refractivity contribution in [2.45, 2.75) is 52.5 Å². The Hall–Kier alpha value is -1.22. The van der Waals surface area contributed by atoms with Gasteiger partial charge < -0.3 is 14.8 Å². The number of methoxy groups -OCH3 is 1. The van der Waals surface area contributed by atoms with Crippen molar-refractivity contribution in [2.24, 2.45) is 5.41 Å². The maximum Gasteiger partial charge on any atom is 0.161 e. The zero-order chi connectivity index (χ0) is 15.1. The third kappa shape index (κ3) is 4.13. The molecule has 0 spiro atoms. The molecule has 21 heavy (non-hydrogen) atoms. The Morgan fingerprint density at radius 1 is 1.14 bits per heavy atom. The van der Waals surface area contributed by atoms with Gasteiger partial charge in [-0.05, 0) is 49.3 Å². The Kier molecular flexibility index (Phi) is 5.92. The van der Waals surface area contributed by atoms with Gasteiger partial charge in [0.1, 0.15) is 0 Å². The first-order valence-corrected chi connectivity index (χ1v) is 8.23. The minimum absolute atomic E-state index is 0.537. The second kappa shape index (κ2) is 7.69. The highest BCUT2D eigenvalue weighted by Crippen LogP contribution is 2.40. The van der Waals surface area contributed by atoms with E-state index in [9.17, 15) is 0 Å². The molecule has 1 aliphatic carbocycles. The summed E-state index contributed by atoms with van der Waals surface area (Å²) in [6.07, 6.45) is 6.83. The average Bonchev–Trinajstić information content (AvgIpc) is 2.97. The summed E-state index contributed by atoms with van der Waals surface area (Å²) in [5, 5.41) is 3.65. The van der Waals surface area contributed by atoms with Gasteiger partial charge in [0.2, 0.25) is 0 Å². The number of nitrogens with one attached hydrogen (secondary N) is 1. The van der Waals surface area contributed by atoms with E-state index in [1.807, 2.05) is 13.0 Å². The molecule has 0 radical (unpaired) electrons. The first kappa shape index (κ1) is 16.2. The number of hydrogen-bond donors (Lipinski definition) is 1. The van der Waals surface area contributed by atoms with Gasteiger partial charge in [-0.3, -0.25) is 0 Å². The van der Waals surface area contributed by atoms with Crippen LogP contribution in [0, 0.1) is 5.41 Å². The van der Waals surface area contributed by atoms with Gasteiger partial charge in [0.15, 0.2) is 11.5 Å². The van der Waals surface area contributed by atoms with Gasteiger partial charge in [0.05, 0.1) is 13.7 Å². The topological polar surface area (TPSA) is 30.5 Å². The zero-order valence-electron chi connectivity index (χ0n) is 13.7. The number of rotatable bonds is 8. The first-order valence-electron chi connectivity index (χ1n) is 8.23. The lowest BCUT2D eigenvalue weighted by atomic mass is 9.83. The Labute approximate surface area is 129 Å². The van der Waals surface area contributed by atoms with Crippen molar-refractivity contribution in [3.63, 3.8) is 0 Å². The first-order chi connectivity index (χ1) is 10.2. The van der Waals surface area contributed by atoms with Crippen LogP contribution >= 0.6 is 0 Å². The molecule has 2 rings (SSSR count). The van der Waals surface area contributed by atoms with Crippen molar-refractivity contribution in [1.29, 1.82) is 0 Å². The van der Waals surface area contributed by atoms with Gasteiger partial charge in [-0.1, -0.05) is 25.8 Å². The van der Waals surface area contributed by atoms with E-state index in [2.05, 4.69) is 24.4 Å². The summed E-state index contributed by atoms with van der Waals surface area (Å²) in [4.78, 5) is 0. The lowest BCUT2D eigenvalue weighted by Gasteiger charge is -2.27. The van der Waals surface area contributed by atoms with E-state index < -0.39 is 0 Å². The fourth-order valence-electron chi connectivity index (χ4n) is 3.35. The van der Waals surface area contributed by atoms with E-state index >= 15 is 0 Å². The van der Waals surface area contributed by atoms with Crippen LogP contribution in [0.5, 0.6) is 11.5 Å². The minimum atomic E-state index is 0.537. The predicted molar refractivity (Wildman–Crippen MR) is 87.1 cm³/mol. The zero-order valence-corrected chi connectivity index (χ0v) is 13.7. The van der Waals surface area contributed by atoms with E-state index in [4.69, 9.17) is 9.47 Å². The van der Waals surface area contributed by atoms with Crippen LogP contribution in [-0.4, -0.2) is 20.3 Å². The van der Waals surface area contributed by atoms with Crippen molar-refractivity contribution >= 4 is 0 Å². The van der Waals surface area contributed by atoms with E-state index in [-0.39, 0.29) is 0 Å². The third-order valence-corrected chi connectivity index (χ3v) is 4.77. The summed E-state index contributed by atoms with van der Waals surface area (Å²) in [5.41, 5.74) is 1.79. The van der Waals surface area contributed by atoms with Crippen molar-refractivity contribution < 1.29 is 9.47 Å². The molecule has 1 saturated carbocycles. The van der Waals surface area contributed by atoms with Crippen LogP contribution in [0.15, 0.2) is 18.2 Å². The summed E-state index contributed by atoms with van der Waals surface area (Å²) in [5.74, 6) is 1.65. The molecular formula is C18H29NO2. The molecule has 0 bridgehead atoms. The van der Waals surface area contributed by atoms with E-state index in [1.165, 1.54) is 37.7 Å². The maximum absolute atomic E-state index is 5.64. The molecule has 1 aromatic carbocycles. The number of hydrogen-bond acceptors (Lipinski definition) is 3.